The first-order chi connectivity index (χ1) is 5.31. The van der Waals surface area contributed by atoms with Crippen molar-refractivity contribution < 1.29 is 4.79 Å². The zero-order chi connectivity index (χ0) is 8.53. The Labute approximate surface area is 68.7 Å². The van der Waals surface area contributed by atoms with Crippen molar-refractivity contribution in [2.45, 2.75) is 32.6 Å². The van der Waals surface area contributed by atoms with Crippen molar-refractivity contribution >= 4 is 6.41 Å². The smallest absolute Gasteiger partial charge is 0.207 e. The molecule has 0 aliphatic carbocycles. The Morgan fingerprint density at radius 2 is 2.27 bits per heavy atom. The third kappa shape index (κ3) is 7.10. The second-order valence-electron chi connectivity index (χ2n) is 2.71. The summed E-state index contributed by atoms with van der Waals surface area (Å²) in [6.07, 6.45) is 5.42. The van der Waals surface area contributed by atoms with Crippen molar-refractivity contribution in [1.82, 2.24) is 5.32 Å². The third-order valence-corrected chi connectivity index (χ3v) is 1.57. The minimum absolute atomic E-state index is 0.632. The van der Waals surface area contributed by atoms with E-state index in [1.807, 2.05) is 0 Å². The van der Waals surface area contributed by atoms with Crippen molar-refractivity contribution in [1.29, 1.82) is 0 Å². The maximum atomic E-state index is 9.89. The molecule has 0 spiro atoms. The lowest BCUT2D eigenvalue weighted by atomic mass is 10.1. The molecule has 0 unspecified atom stereocenters. The highest BCUT2D eigenvalue weighted by atomic mass is 16.1. The van der Waals surface area contributed by atoms with Crippen LogP contribution in [0.15, 0.2) is 12.2 Å². The van der Waals surface area contributed by atoms with E-state index in [-0.39, 0.29) is 0 Å². The van der Waals surface area contributed by atoms with Gasteiger partial charge in [0.25, 0.3) is 0 Å². The molecule has 11 heavy (non-hydrogen) atoms. The second kappa shape index (κ2) is 7.32. The number of unbranched alkanes of at least 4 members (excludes halogenated alkanes) is 2. The van der Waals surface area contributed by atoms with Crippen LogP contribution < -0.4 is 5.32 Å². The fourth-order valence-corrected chi connectivity index (χ4v) is 0.899. The van der Waals surface area contributed by atoms with E-state index in [1.54, 1.807) is 0 Å². The standard InChI is InChI=1S/C9H17NO/c1-3-4-5-6-9(2)7-10-8-11/h8H,2-7H2,1H3,(H,10,11). The van der Waals surface area contributed by atoms with Crippen molar-refractivity contribution in [2.24, 2.45) is 0 Å². The fourth-order valence-electron chi connectivity index (χ4n) is 0.899. The van der Waals surface area contributed by atoms with Gasteiger partial charge in [0.05, 0.1) is 0 Å². The first kappa shape index (κ1) is 10.2. The highest BCUT2D eigenvalue weighted by Gasteiger charge is 1.92. The molecule has 0 saturated carbocycles. The van der Waals surface area contributed by atoms with E-state index in [4.69, 9.17) is 0 Å². The first-order valence-corrected chi connectivity index (χ1v) is 4.15. The van der Waals surface area contributed by atoms with Crippen LogP contribution in [0.2, 0.25) is 0 Å². The number of carbonyl (C=O) groups excluding carboxylic acids is 1. The normalized spacial score (nSPS) is 9.18. The van der Waals surface area contributed by atoms with Gasteiger partial charge >= 0.3 is 0 Å². The topological polar surface area (TPSA) is 29.1 Å². The molecule has 64 valence electrons. The molecule has 0 fully saturated rings. The number of nitrogens with one attached hydrogen (secondary N) is 1. The average molecular weight is 155 g/mol. The molecule has 0 aromatic carbocycles. The maximum Gasteiger partial charge on any atom is 0.207 e. The molecular weight excluding hydrogens is 138 g/mol. The summed E-state index contributed by atoms with van der Waals surface area (Å²) in [7, 11) is 0. The van der Waals surface area contributed by atoms with E-state index in [0.717, 1.165) is 12.0 Å². The average Bonchev–Trinajstić information content (AvgIpc) is 2.01. The van der Waals surface area contributed by atoms with Crippen LogP contribution in [0, 0.1) is 0 Å². The molecule has 2 heteroatoms. The Kier molecular flexibility index (Phi) is 6.79. The minimum atomic E-state index is 0.632. The molecule has 0 aromatic rings. The third-order valence-electron chi connectivity index (χ3n) is 1.57. The van der Waals surface area contributed by atoms with Gasteiger partial charge in [0.15, 0.2) is 0 Å². The summed E-state index contributed by atoms with van der Waals surface area (Å²) in [5.74, 6) is 0. The molecule has 0 aliphatic heterocycles. The van der Waals surface area contributed by atoms with Gasteiger partial charge in [0.1, 0.15) is 0 Å². The van der Waals surface area contributed by atoms with E-state index in [2.05, 4.69) is 18.8 Å². The largest absolute Gasteiger partial charge is 0.355 e. The van der Waals surface area contributed by atoms with Gasteiger partial charge in [-0.2, -0.15) is 0 Å². The lowest BCUT2D eigenvalue weighted by molar-refractivity contribution is -0.109. The van der Waals surface area contributed by atoms with E-state index >= 15 is 0 Å². The molecule has 0 rings (SSSR count). The maximum absolute atomic E-state index is 9.89. The lowest BCUT2D eigenvalue weighted by Crippen LogP contribution is -2.13. The summed E-state index contributed by atoms with van der Waals surface area (Å²) in [5, 5.41) is 2.59. The number of rotatable bonds is 7. The van der Waals surface area contributed by atoms with Gasteiger partial charge in [-0.25, -0.2) is 0 Å². The van der Waals surface area contributed by atoms with Crippen LogP contribution in [0.4, 0.5) is 0 Å². The molecule has 1 N–H and O–H groups in total. The van der Waals surface area contributed by atoms with E-state index in [1.165, 1.54) is 19.3 Å². The Morgan fingerprint density at radius 3 is 2.82 bits per heavy atom. The van der Waals surface area contributed by atoms with Crippen molar-refractivity contribution in [3.63, 3.8) is 0 Å². The Balaban J connectivity index is 3.15. The van der Waals surface area contributed by atoms with Crippen molar-refractivity contribution in [3.05, 3.63) is 12.2 Å². The number of amides is 1. The van der Waals surface area contributed by atoms with Crippen LogP contribution in [0.1, 0.15) is 32.6 Å². The first-order valence-electron chi connectivity index (χ1n) is 4.15. The van der Waals surface area contributed by atoms with Gasteiger partial charge < -0.3 is 5.32 Å². The van der Waals surface area contributed by atoms with Gasteiger partial charge in [-0.15, -0.1) is 0 Å². The number of carbonyl (C=O) groups is 1. The summed E-state index contributed by atoms with van der Waals surface area (Å²) in [6.45, 7) is 6.65. The second-order valence-corrected chi connectivity index (χ2v) is 2.71. The summed E-state index contributed by atoms with van der Waals surface area (Å²) in [6, 6.07) is 0. The van der Waals surface area contributed by atoms with Gasteiger partial charge in [-0.05, 0) is 12.8 Å². The quantitative estimate of drug-likeness (QED) is 0.339. The van der Waals surface area contributed by atoms with Gasteiger partial charge in [-0.1, -0.05) is 31.9 Å². The van der Waals surface area contributed by atoms with Gasteiger partial charge in [0.2, 0.25) is 6.41 Å². The minimum Gasteiger partial charge on any atom is -0.355 e. The molecule has 0 aliphatic rings. The monoisotopic (exact) mass is 155 g/mol. The summed E-state index contributed by atoms with van der Waals surface area (Å²) in [4.78, 5) is 9.89. The Morgan fingerprint density at radius 1 is 1.55 bits per heavy atom. The predicted molar refractivity (Wildman–Crippen MR) is 47.3 cm³/mol. The lowest BCUT2D eigenvalue weighted by Gasteiger charge is -2.02. The fraction of sp³-hybridized carbons (Fsp3) is 0.667. The van der Waals surface area contributed by atoms with E-state index < -0.39 is 0 Å². The molecule has 0 saturated heterocycles. The van der Waals surface area contributed by atoms with Gasteiger partial charge in [-0.3, -0.25) is 4.79 Å². The summed E-state index contributed by atoms with van der Waals surface area (Å²) < 4.78 is 0. The zero-order valence-electron chi connectivity index (χ0n) is 7.23. The van der Waals surface area contributed by atoms with Crippen LogP contribution in [-0.2, 0) is 4.79 Å². The summed E-state index contributed by atoms with van der Waals surface area (Å²) >= 11 is 0. The van der Waals surface area contributed by atoms with Crippen LogP contribution in [-0.4, -0.2) is 13.0 Å². The molecule has 1 amide bonds. The summed E-state index contributed by atoms with van der Waals surface area (Å²) in [5.41, 5.74) is 1.12. The van der Waals surface area contributed by atoms with Crippen LogP contribution in [0.25, 0.3) is 0 Å². The molecule has 0 atom stereocenters. The number of hydrogen-bond acceptors (Lipinski definition) is 1. The highest BCUT2D eigenvalue weighted by molar-refractivity contribution is 5.46. The highest BCUT2D eigenvalue weighted by Crippen LogP contribution is 2.05. The van der Waals surface area contributed by atoms with Crippen LogP contribution >= 0.6 is 0 Å². The van der Waals surface area contributed by atoms with Crippen LogP contribution in [0.5, 0.6) is 0 Å². The number of hydrogen-bond donors (Lipinski definition) is 1. The van der Waals surface area contributed by atoms with Gasteiger partial charge in [0, 0.05) is 6.54 Å². The van der Waals surface area contributed by atoms with E-state index in [9.17, 15) is 4.79 Å². The Bertz CT molecular complexity index is 121. The Hall–Kier alpha value is -0.790. The van der Waals surface area contributed by atoms with Crippen molar-refractivity contribution in [2.75, 3.05) is 6.54 Å². The molecule has 0 radical (unpaired) electrons. The van der Waals surface area contributed by atoms with Crippen LogP contribution in [0.3, 0.4) is 0 Å². The molecule has 0 aromatic heterocycles. The zero-order valence-corrected chi connectivity index (χ0v) is 7.23. The molecule has 2 nitrogen and oxygen atoms in total. The SMILES string of the molecule is C=C(CCCCC)CNC=O. The predicted octanol–water partition coefficient (Wildman–Crippen LogP) is 1.87. The molecule has 0 heterocycles. The van der Waals surface area contributed by atoms with E-state index in [0.29, 0.717) is 13.0 Å². The molecule has 0 bridgehead atoms. The van der Waals surface area contributed by atoms with Crippen molar-refractivity contribution in [3.8, 4) is 0 Å². The molecular formula is C9H17NO.